The normalized spacial score (nSPS) is 18.6. The monoisotopic (exact) mass is 378 g/mol. The van der Waals surface area contributed by atoms with Gasteiger partial charge in [-0.2, -0.15) is 0 Å². The number of likely N-dealkylation sites (N-methyl/N-ethyl adjacent to an activating group) is 1. The van der Waals surface area contributed by atoms with Crippen LogP contribution < -0.4 is 15.0 Å². The molecule has 8 heteroatoms. The second-order valence-corrected chi connectivity index (χ2v) is 6.10. The van der Waals surface area contributed by atoms with Crippen LogP contribution in [0, 0.1) is 0 Å². The first-order valence-electron chi connectivity index (χ1n) is 8.97. The summed E-state index contributed by atoms with van der Waals surface area (Å²) in [6, 6.07) is 6.35. The minimum absolute atomic E-state index is 0.174. The van der Waals surface area contributed by atoms with Gasteiger partial charge in [0.25, 0.3) is 0 Å². The topological polar surface area (TPSA) is 108 Å². The van der Waals surface area contributed by atoms with Crippen LogP contribution in [0.3, 0.4) is 0 Å². The van der Waals surface area contributed by atoms with Gasteiger partial charge in [-0.05, 0) is 25.5 Å². The zero-order valence-electron chi connectivity index (χ0n) is 15.4. The molecule has 1 fully saturated rings. The second-order valence-electron chi connectivity index (χ2n) is 6.10. The fourth-order valence-corrected chi connectivity index (χ4v) is 2.98. The van der Waals surface area contributed by atoms with Crippen molar-refractivity contribution >= 4 is 17.6 Å². The minimum atomic E-state index is -1.26. The summed E-state index contributed by atoms with van der Waals surface area (Å²) < 4.78 is 11.7. The Morgan fingerprint density at radius 1 is 1.33 bits per heavy atom. The molecule has 1 aromatic rings. The first-order chi connectivity index (χ1) is 13.0. The maximum Gasteiger partial charge on any atom is 0.328 e. The number of carboxylic acids is 2. The van der Waals surface area contributed by atoms with Gasteiger partial charge in [0, 0.05) is 49.6 Å². The van der Waals surface area contributed by atoms with Crippen LogP contribution in [0.4, 0.5) is 5.69 Å². The quantitative estimate of drug-likeness (QED) is 0.633. The third kappa shape index (κ3) is 6.58. The van der Waals surface area contributed by atoms with Crippen LogP contribution in [0.5, 0.6) is 5.75 Å². The molecule has 0 bridgehead atoms. The molecule has 2 heterocycles. The summed E-state index contributed by atoms with van der Waals surface area (Å²) in [5, 5.41) is 19.0. The molecule has 148 valence electrons. The molecular formula is C19H26N2O6. The number of nitrogens with zero attached hydrogens (tertiary/aromatic N) is 1. The standard InChI is InChI=1S/C15H22N2O2.C4H4O4/c1-2-17-8-6-13-14(17)4-3-5-15(13)19-11-12-10-16-7-9-18-12;5-3(6)1-2-4(7)8/h3-5,12,16H,2,6-11H2,1H3;1-2H,(H,5,6)(H,7,8)/b;2-1-. The average Bonchev–Trinajstić information content (AvgIpc) is 3.10. The van der Waals surface area contributed by atoms with Crippen molar-refractivity contribution in [1.29, 1.82) is 0 Å². The van der Waals surface area contributed by atoms with E-state index < -0.39 is 11.9 Å². The number of rotatable bonds is 6. The maximum absolute atomic E-state index is 9.55. The van der Waals surface area contributed by atoms with Crippen LogP contribution in [-0.2, 0) is 20.7 Å². The molecule has 8 nitrogen and oxygen atoms in total. The third-order valence-electron chi connectivity index (χ3n) is 4.26. The highest BCUT2D eigenvalue weighted by Crippen LogP contribution is 2.34. The van der Waals surface area contributed by atoms with E-state index in [2.05, 4.69) is 35.3 Å². The Bertz CT molecular complexity index is 654. The number of aliphatic carboxylic acids is 2. The Hall–Kier alpha value is -2.58. The van der Waals surface area contributed by atoms with Gasteiger partial charge >= 0.3 is 11.9 Å². The van der Waals surface area contributed by atoms with E-state index in [1.54, 1.807) is 0 Å². The molecule has 0 aromatic heterocycles. The van der Waals surface area contributed by atoms with Gasteiger partial charge in [0.15, 0.2) is 0 Å². The van der Waals surface area contributed by atoms with Crippen molar-refractivity contribution in [3.05, 3.63) is 35.9 Å². The van der Waals surface area contributed by atoms with Crippen molar-refractivity contribution in [2.45, 2.75) is 19.4 Å². The smallest absolute Gasteiger partial charge is 0.328 e. The van der Waals surface area contributed by atoms with Gasteiger partial charge in [-0.15, -0.1) is 0 Å². The zero-order chi connectivity index (χ0) is 19.6. The summed E-state index contributed by atoms with van der Waals surface area (Å²) in [4.78, 5) is 21.5. The molecule has 0 radical (unpaired) electrons. The van der Waals surface area contributed by atoms with Crippen LogP contribution in [0.15, 0.2) is 30.4 Å². The van der Waals surface area contributed by atoms with Gasteiger partial charge in [0.1, 0.15) is 18.5 Å². The van der Waals surface area contributed by atoms with E-state index in [1.165, 1.54) is 11.3 Å². The molecule has 27 heavy (non-hydrogen) atoms. The Balaban J connectivity index is 0.000000279. The fourth-order valence-electron chi connectivity index (χ4n) is 2.98. The van der Waals surface area contributed by atoms with Gasteiger partial charge < -0.3 is 29.9 Å². The predicted octanol–water partition coefficient (Wildman–Crippen LogP) is 1.15. The summed E-state index contributed by atoms with van der Waals surface area (Å²) in [7, 11) is 0. The number of hydrogen-bond acceptors (Lipinski definition) is 6. The number of hydrogen-bond donors (Lipinski definition) is 3. The highest BCUT2D eigenvalue weighted by atomic mass is 16.5. The van der Waals surface area contributed by atoms with Crippen LogP contribution in [0.2, 0.25) is 0 Å². The van der Waals surface area contributed by atoms with Crippen LogP contribution in [0.25, 0.3) is 0 Å². The first-order valence-corrected chi connectivity index (χ1v) is 8.97. The summed E-state index contributed by atoms with van der Waals surface area (Å²) in [6.45, 7) is 7.61. The van der Waals surface area contributed by atoms with E-state index in [-0.39, 0.29) is 6.10 Å². The Morgan fingerprint density at radius 2 is 2.07 bits per heavy atom. The molecule has 3 N–H and O–H groups in total. The number of benzene rings is 1. The Morgan fingerprint density at radius 3 is 2.67 bits per heavy atom. The lowest BCUT2D eigenvalue weighted by atomic mass is 10.1. The molecule has 1 saturated heterocycles. The van der Waals surface area contributed by atoms with Crippen molar-refractivity contribution < 1.29 is 29.3 Å². The number of ether oxygens (including phenoxy) is 2. The summed E-state index contributed by atoms with van der Waals surface area (Å²) >= 11 is 0. The highest BCUT2D eigenvalue weighted by Gasteiger charge is 2.22. The Kier molecular flexibility index (Phi) is 8.09. The predicted molar refractivity (Wildman–Crippen MR) is 101 cm³/mol. The molecule has 2 aliphatic rings. The molecule has 0 saturated carbocycles. The number of anilines is 1. The lowest BCUT2D eigenvalue weighted by Crippen LogP contribution is -2.41. The number of morpholine rings is 1. The van der Waals surface area contributed by atoms with E-state index in [4.69, 9.17) is 19.7 Å². The second kappa shape index (κ2) is 10.5. The van der Waals surface area contributed by atoms with Crippen molar-refractivity contribution in [3.63, 3.8) is 0 Å². The molecule has 3 rings (SSSR count). The van der Waals surface area contributed by atoms with E-state index in [9.17, 15) is 9.59 Å². The lowest BCUT2D eigenvalue weighted by molar-refractivity contribution is -0.134. The van der Waals surface area contributed by atoms with E-state index in [1.807, 2.05) is 0 Å². The van der Waals surface area contributed by atoms with E-state index in [0.717, 1.165) is 45.0 Å². The van der Waals surface area contributed by atoms with Gasteiger partial charge in [-0.25, -0.2) is 9.59 Å². The third-order valence-corrected chi connectivity index (χ3v) is 4.26. The molecular weight excluding hydrogens is 352 g/mol. The summed E-state index contributed by atoms with van der Waals surface area (Å²) in [5.41, 5.74) is 2.69. The zero-order valence-corrected chi connectivity index (χ0v) is 15.4. The largest absolute Gasteiger partial charge is 0.490 e. The van der Waals surface area contributed by atoms with Crippen molar-refractivity contribution in [2.75, 3.05) is 44.3 Å². The van der Waals surface area contributed by atoms with E-state index in [0.29, 0.717) is 18.8 Å². The first kappa shape index (κ1) is 20.7. The Labute approximate surface area is 158 Å². The summed E-state index contributed by atoms with van der Waals surface area (Å²) in [5.74, 6) is -1.48. The van der Waals surface area contributed by atoms with Crippen LogP contribution >= 0.6 is 0 Å². The number of fused-ring (bicyclic) bond motifs is 1. The molecule has 1 atom stereocenters. The van der Waals surface area contributed by atoms with Crippen LogP contribution in [-0.4, -0.2) is 67.6 Å². The van der Waals surface area contributed by atoms with Crippen molar-refractivity contribution in [2.24, 2.45) is 0 Å². The van der Waals surface area contributed by atoms with Gasteiger partial charge in [0.05, 0.1) is 6.61 Å². The van der Waals surface area contributed by atoms with Gasteiger partial charge in [0.2, 0.25) is 0 Å². The van der Waals surface area contributed by atoms with E-state index >= 15 is 0 Å². The molecule has 0 amide bonds. The molecule has 1 unspecified atom stereocenters. The number of nitrogens with one attached hydrogen (secondary N) is 1. The average molecular weight is 378 g/mol. The molecule has 0 spiro atoms. The highest BCUT2D eigenvalue weighted by molar-refractivity contribution is 5.89. The SMILES string of the molecule is CCN1CCc2c(OCC3CNCCO3)cccc21.O=C(O)/C=C\C(=O)O. The van der Waals surface area contributed by atoms with Crippen molar-refractivity contribution in [1.82, 2.24) is 5.32 Å². The fraction of sp³-hybridized carbons (Fsp3) is 0.474. The minimum Gasteiger partial charge on any atom is -0.490 e. The van der Waals surface area contributed by atoms with Gasteiger partial charge in [-0.1, -0.05) is 6.07 Å². The maximum atomic E-state index is 9.55. The number of carboxylic acid groups (broad SMARTS) is 2. The van der Waals surface area contributed by atoms with Crippen LogP contribution in [0.1, 0.15) is 12.5 Å². The molecule has 1 aromatic carbocycles. The van der Waals surface area contributed by atoms with Crippen molar-refractivity contribution in [3.8, 4) is 5.75 Å². The summed E-state index contributed by atoms with van der Waals surface area (Å²) in [6.07, 6.45) is 2.38. The molecule has 0 aliphatic carbocycles. The molecule has 2 aliphatic heterocycles. The van der Waals surface area contributed by atoms with Gasteiger partial charge in [-0.3, -0.25) is 0 Å². The number of carbonyl (C=O) groups is 2. The lowest BCUT2D eigenvalue weighted by Gasteiger charge is -2.24.